The number of nitrogens with zero attached hydrogens (tertiary/aromatic N) is 3. The van der Waals surface area contributed by atoms with E-state index in [-0.39, 0.29) is 23.3 Å². The maximum Gasteiger partial charge on any atom is 0.416 e. The van der Waals surface area contributed by atoms with Crippen LogP contribution in [0.5, 0.6) is 0 Å². The first-order valence-electron chi connectivity index (χ1n) is 9.35. The lowest BCUT2D eigenvalue weighted by atomic mass is 9.83. The number of anilines is 1. The molecule has 2 aromatic heterocycles. The average Bonchev–Trinajstić information content (AvgIpc) is 3.15. The predicted molar refractivity (Wildman–Crippen MR) is 97.8 cm³/mol. The van der Waals surface area contributed by atoms with Crippen molar-refractivity contribution in [3.63, 3.8) is 0 Å². The number of aromatic nitrogens is 4. The van der Waals surface area contributed by atoms with Crippen LogP contribution in [0.2, 0.25) is 0 Å². The summed E-state index contributed by atoms with van der Waals surface area (Å²) in [5, 5.41) is 26.1. The van der Waals surface area contributed by atoms with E-state index in [4.69, 9.17) is 0 Å². The highest BCUT2D eigenvalue weighted by atomic mass is 19.4. The molecule has 1 fully saturated rings. The van der Waals surface area contributed by atoms with Crippen LogP contribution >= 0.6 is 0 Å². The van der Waals surface area contributed by atoms with Gasteiger partial charge >= 0.3 is 6.18 Å². The molecular weight excluding hydrogens is 389 g/mol. The number of aliphatic hydroxyl groups is 1. The monoisotopic (exact) mass is 412 g/mol. The van der Waals surface area contributed by atoms with Gasteiger partial charge in [-0.3, -0.25) is 4.79 Å². The van der Waals surface area contributed by atoms with Crippen LogP contribution in [-0.2, 0) is 17.4 Å². The molecule has 2 aromatic rings. The molecule has 1 aliphatic rings. The van der Waals surface area contributed by atoms with Crippen LogP contribution in [0.3, 0.4) is 0 Å². The van der Waals surface area contributed by atoms with E-state index in [0.717, 1.165) is 17.8 Å². The van der Waals surface area contributed by atoms with E-state index >= 15 is 0 Å². The number of pyridine rings is 1. The molecule has 8 nitrogen and oxygen atoms in total. The number of alkyl halides is 3. The zero-order chi connectivity index (χ0) is 21.0. The maximum absolute atomic E-state index is 13.0. The molecular formula is C18H23F3N6O2. The van der Waals surface area contributed by atoms with Crippen molar-refractivity contribution < 1.29 is 23.1 Å². The van der Waals surface area contributed by atoms with Crippen LogP contribution in [0.15, 0.2) is 18.3 Å². The van der Waals surface area contributed by atoms with Crippen molar-refractivity contribution in [1.29, 1.82) is 0 Å². The van der Waals surface area contributed by atoms with Gasteiger partial charge in [0.25, 0.3) is 0 Å². The SMILES string of the molecule is Cc1cc(C(F)(F)F)cc(N[C@@H]2C[C@@H](C(=O)NCCc3cn[nH]n3)CC[C@H]2O)n1. The molecule has 158 valence electrons. The van der Waals surface area contributed by atoms with Gasteiger partial charge < -0.3 is 15.7 Å². The van der Waals surface area contributed by atoms with Gasteiger partial charge in [0.05, 0.1) is 29.6 Å². The molecule has 3 rings (SSSR count). The van der Waals surface area contributed by atoms with E-state index in [1.54, 1.807) is 6.20 Å². The first kappa shape index (κ1) is 21.0. The second-order valence-electron chi connectivity index (χ2n) is 7.21. The second-order valence-corrected chi connectivity index (χ2v) is 7.21. The fraction of sp³-hybridized carbons (Fsp3) is 0.556. The molecule has 4 N–H and O–H groups in total. The van der Waals surface area contributed by atoms with Gasteiger partial charge in [-0.15, -0.1) is 0 Å². The summed E-state index contributed by atoms with van der Waals surface area (Å²) >= 11 is 0. The van der Waals surface area contributed by atoms with Gasteiger partial charge in [-0.25, -0.2) is 4.98 Å². The number of amides is 1. The lowest BCUT2D eigenvalue weighted by molar-refractivity contribution is -0.137. The number of H-pyrrole nitrogens is 1. The summed E-state index contributed by atoms with van der Waals surface area (Å²) in [6.07, 6.45) is -1.97. The Morgan fingerprint density at radius 1 is 1.34 bits per heavy atom. The first-order chi connectivity index (χ1) is 13.7. The summed E-state index contributed by atoms with van der Waals surface area (Å²) in [6.45, 7) is 1.87. The van der Waals surface area contributed by atoms with Crippen molar-refractivity contribution >= 4 is 11.7 Å². The van der Waals surface area contributed by atoms with E-state index < -0.39 is 23.9 Å². The summed E-state index contributed by atoms with van der Waals surface area (Å²) < 4.78 is 39.1. The predicted octanol–water partition coefficient (Wildman–Crippen LogP) is 1.83. The summed E-state index contributed by atoms with van der Waals surface area (Å²) in [5.41, 5.74) is 0.143. The minimum absolute atomic E-state index is 0.0356. The number of aryl methyl sites for hydroxylation is 1. The molecule has 0 aliphatic heterocycles. The minimum Gasteiger partial charge on any atom is -0.391 e. The summed E-state index contributed by atoms with van der Waals surface area (Å²) in [4.78, 5) is 16.5. The summed E-state index contributed by atoms with van der Waals surface area (Å²) in [7, 11) is 0. The number of halogens is 3. The molecule has 0 bridgehead atoms. The number of aliphatic hydroxyl groups excluding tert-OH is 1. The number of hydrogen-bond donors (Lipinski definition) is 4. The smallest absolute Gasteiger partial charge is 0.391 e. The van der Waals surface area contributed by atoms with Crippen LogP contribution < -0.4 is 10.6 Å². The number of hydrogen-bond acceptors (Lipinski definition) is 6. The number of carbonyl (C=O) groups excluding carboxylic acids is 1. The fourth-order valence-electron chi connectivity index (χ4n) is 3.45. The zero-order valence-electron chi connectivity index (χ0n) is 15.8. The zero-order valence-corrected chi connectivity index (χ0v) is 15.8. The van der Waals surface area contributed by atoms with Gasteiger partial charge in [0.2, 0.25) is 5.91 Å². The lowest BCUT2D eigenvalue weighted by Gasteiger charge is -2.33. The van der Waals surface area contributed by atoms with Crippen LogP contribution in [-0.4, -0.2) is 50.1 Å². The molecule has 0 aromatic carbocycles. The largest absolute Gasteiger partial charge is 0.416 e. The maximum atomic E-state index is 13.0. The van der Waals surface area contributed by atoms with Crippen LogP contribution in [0.25, 0.3) is 0 Å². The Bertz CT molecular complexity index is 827. The van der Waals surface area contributed by atoms with Gasteiger partial charge in [0.1, 0.15) is 5.82 Å². The Kier molecular flexibility index (Phi) is 6.36. The molecule has 1 saturated carbocycles. The second kappa shape index (κ2) is 8.76. The van der Waals surface area contributed by atoms with Crippen molar-refractivity contribution in [2.24, 2.45) is 5.92 Å². The molecule has 29 heavy (non-hydrogen) atoms. The average molecular weight is 412 g/mol. The standard InChI is InChI=1S/C18H23F3N6O2/c1-10-6-12(18(19,20)21)8-16(24-10)25-14-7-11(2-3-15(14)28)17(29)22-5-4-13-9-23-27-26-13/h6,8-9,11,14-15,28H,2-5,7H2,1H3,(H,22,29)(H,24,25)(H,23,26,27)/t11-,14+,15+/m0/s1. The fourth-order valence-corrected chi connectivity index (χ4v) is 3.45. The van der Waals surface area contributed by atoms with Gasteiger partial charge in [0.15, 0.2) is 0 Å². The Labute approximate surface area is 165 Å². The Balaban J connectivity index is 1.59. The first-order valence-corrected chi connectivity index (χ1v) is 9.35. The molecule has 0 saturated heterocycles. The number of nitrogens with one attached hydrogen (secondary N) is 3. The third-order valence-corrected chi connectivity index (χ3v) is 4.94. The van der Waals surface area contributed by atoms with E-state index in [1.165, 1.54) is 6.92 Å². The molecule has 3 atom stereocenters. The summed E-state index contributed by atoms with van der Waals surface area (Å²) in [6, 6.07) is 1.32. The van der Waals surface area contributed by atoms with E-state index in [1.807, 2.05) is 0 Å². The molecule has 2 heterocycles. The molecule has 1 amide bonds. The molecule has 0 radical (unpaired) electrons. The van der Waals surface area contributed by atoms with Crippen molar-refractivity contribution in [2.45, 2.75) is 50.9 Å². The van der Waals surface area contributed by atoms with Gasteiger partial charge in [-0.05, 0) is 38.3 Å². The third-order valence-electron chi connectivity index (χ3n) is 4.94. The van der Waals surface area contributed by atoms with E-state index in [2.05, 4.69) is 31.0 Å². The highest BCUT2D eigenvalue weighted by Crippen LogP contribution is 2.32. The molecule has 0 unspecified atom stereocenters. The quantitative estimate of drug-likeness (QED) is 0.575. The van der Waals surface area contributed by atoms with E-state index in [9.17, 15) is 23.1 Å². The topological polar surface area (TPSA) is 116 Å². The van der Waals surface area contributed by atoms with Crippen LogP contribution in [0.1, 0.15) is 36.2 Å². The normalized spacial score (nSPS) is 22.3. The van der Waals surface area contributed by atoms with Crippen molar-refractivity contribution in [1.82, 2.24) is 25.7 Å². The molecule has 1 aliphatic carbocycles. The number of rotatable bonds is 6. The van der Waals surface area contributed by atoms with Crippen molar-refractivity contribution in [2.75, 3.05) is 11.9 Å². The highest BCUT2D eigenvalue weighted by molar-refractivity contribution is 5.78. The number of aromatic amines is 1. The van der Waals surface area contributed by atoms with Gasteiger partial charge in [-0.2, -0.15) is 28.6 Å². The van der Waals surface area contributed by atoms with Crippen molar-refractivity contribution in [3.05, 3.63) is 35.3 Å². The highest BCUT2D eigenvalue weighted by Gasteiger charge is 2.34. The van der Waals surface area contributed by atoms with Crippen LogP contribution in [0.4, 0.5) is 19.0 Å². The third kappa shape index (κ3) is 5.66. The summed E-state index contributed by atoms with van der Waals surface area (Å²) in [5.74, 6) is -0.464. The van der Waals surface area contributed by atoms with Crippen molar-refractivity contribution in [3.8, 4) is 0 Å². The van der Waals surface area contributed by atoms with E-state index in [0.29, 0.717) is 32.2 Å². The Morgan fingerprint density at radius 3 is 2.83 bits per heavy atom. The number of carbonyl (C=O) groups is 1. The Morgan fingerprint density at radius 2 is 2.14 bits per heavy atom. The lowest BCUT2D eigenvalue weighted by Crippen LogP contribution is -2.44. The van der Waals surface area contributed by atoms with Gasteiger partial charge in [0, 0.05) is 24.6 Å². The van der Waals surface area contributed by atoms with Gasteiger partial charge in [-0.1, -0.05) is 0 Å². The molecule has 11 heteroatoms. The van der Waals surface area contributed by atoms with Crippen LogP contribution in [0, 0.1) is 12.8 Å². The molecule has 0 spiro atoms. The Hall–Kier alpha value is -2.69. The minimum atomic E-state index is -4.48.